The van der Waals surface area contributed by atoms with Gasteiger partial charge in [0.25, 0.3) is 11.8 Å². The molecule has 0 saturated carbocycles. The summed E-state index contributed by atoms with van der Waals surface area (Å²) in [6.07, 6.45) is 0.531. The van der Waals surface area contributed by atoms with Crippen LogP contribution in [0.3, 0.4) is 0 Å². The highest BCUT2D eigenvalue weighted by Crippen LogP contribution is 2.52. The lowest BCUT2D eigenvalue weighted by Crippen LogP contribution is -2.53. The van der Waals surface area contributed by atoms with Crippen LogP contribution in [0.5, 0.6) is 0 Å². The van der Waals surface area contributed by atoms with Crippen LogP contribution >= 0.6 is 0 Å². The van der Waals surface area contributed by atoms with Crippen LogP contribution in [0.15, 0.2) is 51.7 Å². The van der Waals surface area contributed by atoms with Gasteiger partial charge < -0.3 is 19.0 Å². The summed E-state index contributed by atoms with van der Waals surface area (Å²) in [4.78, 5) is 44.9. The van der Waals surface area contributed by atoms with Crippen molar-refractivity contribution in [1.82, 2.24) is 4.90 Å². The van der Waals surface area contributed by atoms with Gasteiger partial charge in [-0.25, -0.2) is 0 Å². The van der Waals surface area contributed by atoms with E-state index in [9.17, 15) is 14.4 Å². The standard InChI is InChI=1S/C26H26N2O5/c1-4-27-19-10-7-6-9-18(19)26(25(27)31)21-22(29)17-15-16(3)11-12-20(17)33-23(21)24(30)28(26)13-8-14-32-5-2/h6-7,9-12,15H,4-5,8,13-14H2,1-3H3. The molecule has 0 bridgehead atoms. The third kappa shape index (κ3) is 2.82. The molecule has 1 atom stereocenters. The maximum Gasteiger partial charge on any atom is 0.291 e. The predicted molar refractivity (Wildman–Crippen MR) is 125 cm³/mol. The highest BCUT2D eigenvalue weighted by molar-refractivity contribution is 6.17. The number of carbonyl (C=O) groups excluding carboxylic acids is 2. The molecule has 3 heterocycles. The van der Waals surface area contributed by atoms with Crippen LogP contribution in [0.4, 0.5) is 5.69 Å². The van der Waals surface area contributed by atoms with E-state index in [1.54, 1.807) is 17.0 Å². The van der Waals surface area contributed by atoms with E-state index < -0.39 is 11.4 Å². The second-order valence-corrected chi connectivity index (χ2v) is 8.42. The van der Waals surface area contributed by atoms with Gasteiger partial charge in [0.05, 0.1) is 16.6 Å². The largest absolute Gasteiger partial charge is 0.450 e. The van der Waals surface area contributed by atoms with Crippen molar-refractivity contribution in [3.63, 3.8) is 0 Å². The Morgan fingerprint density at radius 1 is 1.06 bits per heavy atom. The first-order chi connectivity index (χ1) is 16.0. The summed E-state index contributed by atoms with van der Waals surface area (Å²) in [6, 6.07) is 12.7. The van der Waals surface area contributed by atoms with Gasteiger partial charge in [-0.3, -0.25) is 14.4 Å². The lowest BCUT2D eigenvalue weighted by atomic mass is 9.84. The molecule has 0 saturated heterocycles. The fraction of sp³-hybridized carbons (Fsp3) is 0.346. The second-order valence-electron chi connectivity index (χ2n) is 8.42. The van der Waals surface area contributed by atoms with E-state index in [0.29, 0.717) is 48.4 Å². The van der Waals surface area contributed by atoms with Crippen molar-refractivity contribution in [2.75, 3.05) is 31.2 Å². The number of aryl methyl sites for hydroxylation is 1. The Bertz CT molecular complexity index is 1340. The Kier molecular flexibility index (Phi) is 5.09. The van der Waals surface area contributed by atoms with Crippen LogP contribution in [0.25, 0.3) is 11.0 Å². The maximum atomic E-state index is 14.1. The van der Waals surface area contributed by atoms with E-state index in [0.717, 1.165) is 5.56 Å². The van der Waals surface area contributed by atoms with Crippen molar-refractivity contribution in [3.8, 4) is 0 Å². The monoisotopic (exact) mass is 446 g/mol. The number of fused-ring (bicyclic) bond motifs is 5. The normalized spacial score (nSPS) is 19.1. The summed E-state index contributed by atoms with van der Waals surface area (Å²) in [5.41, 5.74) is 0.838. The molecular formula is C26H26N2O5. The minimum Gasteiger partial charge on any atom is -0.450 e. The van der Waals surface area contributed by atoms with Crippen LogP contribution in [-0.2, 0) is 15.1 Å². The number of carbonyl (C=O) groups is 2. The van der Waals surface area contributed by atoms with Gasteiger partial charge in [-0.15, -0.1) is 0 Å². The number of anilines is 1. The summed E-state index contributed by atoms with van der Waals surface area (Å²) in [6.45, 7) is 7.38. The van der Waals surface area contributed by atoms with Crippen molar-refractivity contribution in [2.45, 2.75) is 32.7 Å². The molecule has 5 rings (SSSR count). The lowest BCUT2D eigenvalue weighted by molar-refractivity contribution is -0.126. The van der Waals surface area contributed by atoms with Gasteiger partial charge in [-0.05, 0) is 45.4 Å². The van der Waals surface area contributed by atoms with E-state index in [1.165, 1.54) is 4.90 Å². The summed E-state index contributed by atoms with van der Waals surface area (Å²) < 4.78 is 11.5. The van der Waals surface area contributed by atoms with Gasteiger partial charge in [0.2, 0.25) is 5.76 Å². The van der Waals surface area contributed by atoms with Crippen LogP contribution in [0.2, 0.25) is 0 Å². The third-order valence-corrected chi connectivity index (χ3v) is 6.58. The summed E-state index contributed by atoms with van der Waals surface area (Å²) >= 11 is 0. The summed E-state index contributed by atoms with van der Waals surface area (Å²) in [5.74, 6) is -0.787. The Morgan fingerprint density at radius 2 is 1.85 bits per heavy atom. The van der Waals surface area contributed by atoms with Crippen LogP contribution in [0, 0.1) is 6.92 Å². The fourth-order valence-corrected chi connectivity index (χ4v) is 5.19. The summed E-state index contributed by atoms with van der Waals surface area (Å²) in [7, 11) is 0. The van der Waals surface area contributed by atoms with E-state index in [4.69, 9.17) is 9.15 Å². The highest BCUT2D eigenvalue weighted by Gasteiger charge is 2.64. The van der Waals surface area contributed by atoms with Crippen molar-refractivity contribution < 1.29 is 18.7 Å². The zero-order chi connectivity index (χ0) is 23.3. The number of nitrogens with zero attached hydrogens (tertiary/aromatic N) is 2. The minimum absolute atomic E-state index is 0.0473. The van der Waals surface area contributed by atoms with Gasteiger partial charge in [0, 0.05) is 31.9 Å². The molecule has 7 nitrogen and oxygen atoms in total. The Balaban J connectivity index is 1.82. The van der Waals surface area contributed by atoms with Crippen molar-refractivity contribution in [2.24, 2.45) is 0 Å². The molecule has 0 fully saturated rings. The smallest absolute Gasteiger partial charge is 0.291 e. The molecule has 0 N–H and O–H groups in total. The minimum atomic E-state index is -1.54. The molecule has 2 aliphatic rings. The third-order valence-electron chi connectivity index (χ3n) is 6.58. The van der Waals surface area contributed by atoms with Crippen LogP contribution < -0.4 is 10.3 Å². The molecule has 2 aromatic carbocycles. The van der Waals surface area contributed by atoms with Gasteiger partial charge >= 0.3 is 0 Å². The zero-order valence-corrected chi connectivity index (χ0v) is 19.0. The predicted octanol–water partition coefficient (Wildman–Crippen LogP) is 3.59. The fourth-order valence-electron chi connectivity index (χ4n) is 5.19. The molecule has 2 amide bonds. The number of ether oxygens (including phenoxy) is 1. The Labute approximate surface area is 191 Å². The van der Waals surface area contributed by atoms with Gasteiger partial charge in [0.1, 0.15) is 5.58 Å². The van der Waals surface area contributed by atoms with Crippen molar-refractivity contribution >= 4 is 28.5 Å². The number of para-hydroxylation sites is 1. The average molecular weight is 447 g/mol. The molecule has 0 radical (unpaired) electrons. The van der Waals surface area contributed by atoms with E-state index >= 15 is 0 Å². The highest BCUT2D eigenvalue weighted by atomic mass is 16.5. The molecular weight excluding hydrogens is 420 g/mol. The SMILES string of the molecule is CCOCCCN1C(=O)c2oc3ccc(C)cc3c(=O)c2C12C(=O)N(CC)c1ccccc12. The van der Waals surface area contributed by atoms with Gasteiger partial charge in [-0.2, -0.15) is 0 Å². The van der Waals surface area contributed by atoms with E-state index in [-0.39, 0.29) is 29.2 Å². The van der Waals surface area contributed by atoms with E-state index in [2.05, 4.69) is 0 Å². The van der Waals surface area contributed by atoms with Gasteiger partial charge in [0.15, 0.2) is 11.0 Å². The molecule has 2 aliphatic heterocycles. The average Bonchev–Trinajstić information content (AvgIpc) is 3.21. The number of amides is 2. The topological polar surface area (TPSA) is 80.1 Å². The second kappa shape index (κ2) is 7.85. The van der Waals surface area contributed by atoms with Crippen LogP contribution in [0.1, 0.15) is 47.5 Å². The number of hydrogen-bond donors (Lipinski definition) is 0. The molecule has 170 valence electrons. The maximum absolute atomic E-state index is 14.1. The first-order valence-electron chi connectivity index (χ1n) is 11.4. The van der Waals surface area contributed by atoms with Crippen molar-refractivity contribution in [3.05, 3.63) is 75.1 Å². The molecule has 33 heavy (non-hydrogen) atoms. The molecule has 1 spiro atoms. The summed E-state index contributed by atoms with van der Waals surface area (Å²) in [5, 5.41) is 0.373. The van der Waals surface area contributed by atoms with Crippen LogP contribution in [-0.4, -0.2) is 43.0 Å². The van der Waals surface area contributed by atoms with E-state index in [1.807, 2.05) is 51.1 Å². The zero-order valence-electron chi connectivity index (χ0n) is 19.0. The number of hydrogen-bond acceptors (Lipinski definition) is 5. The van der Waals surface area contributed by atoms with Gasteiger partial charge in [-0.1, -0.05) is 29.8 Å². The first-order valence-corrected chi connectivity index (χ1v) is 11.4. The quantitative estimate of drug-likeness (QED) is 0.541. The molecule has 1 unspecified atom stereocenters. The number of likely N-dealkylation sites (N-methyl/N-ethyl adjacent to an activating group) is 1. The lowest BCUT2D eigenvalue weighted by Gasteiger charge is -2.34. The Hall–Kier alpha value is -3.45. The molecule has 3 aromatic rings. The van der Waals surface area contributed by atoms with Crippen molar-refractivity contribution in [1.29, 1.82) is 0 Å². The molecule has 0 aliphatic carbocycles. The number of rotatable bonds is 6. The number of benzene rings is 2. The molecule has 7 heteroatoms. The first kappa shape index (κ1) is 21.4. The molecule has 1 aromatic heterocycles. The Morgan fingerprint density at radius 3 is 2.61 bits per heavy atom.